The van der Waals surface area contributed by atoms with Crippen LogP contribution in [0.15, 0.2) is 72.9 Å². The van der Waals surface area contributed by atoms with E-state index in [-0.39, 0.29) is 12.1 Å². The smallest absolute Gasteiger partial charge is 0.174 e. The Kier molecular flexibility index (Phi) is 6.11. The maximum absolute atomic E-state index is 6.61. The lowest BCUT2D eigenvalue weighted by molar-refractivity contribution is 0.565. The molecule has 1 N–H and O–H groups in total. The summed E-state index contributed by atoms with van der Waals surface area (Å²) in [6, 6.07) is 22.1. The second kappa shape index (κ2) is 9.06. The Labute approximate surface area is 215 Å². The van der Waals surface area contributed by atoms with E-state index in [2.05, 4.69) is 70.9 Å². The highest BCUT2D eigenvalue weighted by atomic mass is 35.5. The van der Waals surface area contributed by atoms with E-state index in [1.165, 1.54) is 5.56 Å². The quantitative estimate of drug-likeness (QED) is 0.294. The molecule has 2 atom stereocenters. The number of thiocarbonyl (C=S) groups is 1. The molecule has 7 heteroatoms. The van der Waals surface area contributed by atoms with Crippen molar-refractivity contribution in [1.82, 2.24) is 14.9 Å². The van der Waals surface area contributed by atoms with Crippen LogP contribution in [0.5, 0.6) is 0 Å². The molecule has 0 aliphatic carbocycles. The molecule has 5 rings (SSSR count). The number of aromatic nitrogens is 2. The van der Waals surface area contributed by atoms with Crippen LogP contribution in [0.3, 0.4) is 0 Å². The molecule has 4 aromatic rings. The van der Waals surface area contributed by atoms with Gasteiger partial charge in [-0.3, -0.25) is 4.98 Å². The zero-order valence-electron chi connectivity index (χ0n) is 19.1. The predicted molar refractivity (Wildman–Crippen MR) is 144 cm³/mol. The fraction of sp³-hybridized carbons (Fsp3) is 0.185. The molecule has 0 radical (unpaired) electrons. The summed E-state index contributed by atoms with van der Waals surface area (Å²) < 4.78 is 2.18. The third kappa shape index (κ3) is 3.98. The van der Waals surface area contributed by atoms with E-state index in [1.807, 2.05) is 36.5 Å². The van der Waals surface area contributed by atoms with E-state index in [0.717, 1.165) is 34.0 Å². The number of benzene rings is 2. The van der Waals surface area contributed by atoms with Crippen LogP contribution in [0.4, 0.5) is 5.69 Å². The molecular weight excluding hydrogens is 483 g/mol. The minimum atomic E-state index is -0.107. The molecule has 0 bridgehead atoms. The van der Waals surface area contributed by atoms with Gasteiger partial charge < -0.3 is 14.8 Å². The molecule has 2 aromatic heterocycles. The Morgan fingerprint density at radius 2 is 1.71 bits per heavy atom. The average molecular weight is 507 g/mol. The van der Waals surface area contributed by atoms with Crippen molar-refractivity contribution in [3.63, 3.8) is 0 Å². The highest BCUT2D eigenvalue weighted by molar-refractivity contribution is 7.80. The summed E-state index contributed by atoms with van der Waals surface area (Å²) in [6.07, 6.45) is 1.82. The fourth-order valence-corrected chi connectivity index (χ4v) is 5.61. The zero-order chi connectivity index (χ0) is 24.0. The number of nitrogens with zero attached hydrogens (tertiary/aromatic N) is 3. The Bertz CT molecular complexity index is 1370. The topological polar surface area (TPSA) is 33.1 Å². The van der Waals surface area contributed by atoms with Gasteiger partial charge in [0.2, 0.25) is 0 Å². The first-order valence-corrected chi connectivity index (χ1v) is 12.2. The lowest BCUT2D eigenvalue weighted by Crippen LogP contribution is -2.29. The van der Waals surface area contributed by atoms with Crippen molar-refractivity contribution in [1.29, 1.82) is 0 Å². The minimum Gasteiger partial charge on any atom is -0.351 e. The highest BCUT2D eigenvalue weighted by Crippen LogP contribution is 2.44. The number of anilines is 1. The summed E-state index contributed by atoms with van der Waals surface area (Å²) >= 11 is 18.6. The van der Waals surface area contributed by atoms with Crippen LogP contribution in [0, 0.1) is 20.8 Å². The maximum Gasteiger partial charge on any atom is 0.174 e. The molecular formula is C27H24Cl2N4S. The molecule has 1 fully saturated rings. The largest absolute Gasteiger partial charge is 0.351 e. The lowest BCUT2D eigenvalue weighted by Gasteiger charge is -2.28. The normalized spacial score (nSPS) is 17.8. The third-order valence-corrected chi connectivity index (χ3v) is 7.20. The van der Waals surface area contributed by atoms with Crippen molar-refractivity contribution in [2.24, 2.45) is 0 Å². The molecule has 0 amide bonds. The Balaban J connectivity index is 1.69. The highest BCUT2D eigenvalue weighted by Gasteiger charge is 2.42. The van der Waals surface area contributed by atoms with Crippen LogP contribution in [-0.4, -0.2) is 14.7 Å². The fourth-order valence-electron chi connectivity index (χ4n) is 4.77. The van der Waals surface area contributed by atoms with Crippen LogP contribution in [-0.2, 0) is 0 Å². The van der Waals surface area contributed by atoms with E-state index >= 15 is 0 Å². The van der Waals surface area contributed by atoms with Crippen molar-refractivity contribution >= 4 is 46.2 Å². The van der Waals surface area contributed by atoms with Crippen molar-refractivity contribution in [3.05, 3.63) is 111 Å². The van der Waals surface area contributed by atoms with E-state index in [1.54, 1.807) is 6.07 Å². The molecule has 1 aliphatic heterocycles. The van der Waals surface area contributed by atoms with Gasteiger partial charge in [-0.2, -0.15) is 0 Å². The van der Waals surface area contributed by atoms with E-state index in [9.17, 15) is 0 Å². The second-order valence-corrected chi connectivity index (χ2v) is 9.82. The third-order valence-electron chi connectivity index (χ3n) is 6.35. The van der Waals surface area contributed by atoms with Gasteiger partial charge in [0, 0.05) is 28.3 Å². The molecule has 172 valence electrons. The Morgan fingerprint density at radius 3 is 2.38 bits per heavy atom. The maximum atomic E-state index is 6.61. The summed E-state index contributed by atoms with van der Waals surface area (Å²) in [5.74, 6) is 0. The number of hydrogen-bond acceptors (Lipinski definition) is 2. The van der Waals surface area contributed by atoms with Crippen LogP contribution >= 0.6 is 35.4 Å². The van der Waals surface area contributed by atoms with Gasteiger partial charge in [-0.15, -0.1) is 0 Å². The standard InChI is InChI=1S/C27H24Cl2N4S/c1-16-7-10-20(11-8-16)33-26(25(31-27(33)34)23-6-4-5-13-30-23)21-14-17(2)32(18(21)3)24-12-9-19(28)15-22(24)29/h4-15,25-26H,1-3H3,(H,31,34)/t25-,26+/m0/s1. The summed E-state index contributed by atoms with van der Waals surface area (Å²) in [5, 5.41) is 5.44. The van der Waals surface area contributed by atoms with Gasteiger partial charge in [-0.25, -0.2) is 0 Å². The Morgan fingerprint density at radius 1 is 0.941 bits per heavy atom. The van der Waals surface area contributed by atoms with Gasteiger partial charge in [-0.1, -0.05) is 47.0 Å². The number of rotatable bonds is 4. The van der Waals surface area contributed by atoms with Crippen LogP contribution in [0.25, 0.3) is 5.69 Å². The summed E-state index contributed by atoms with van der Waals surface area (Å²) in [6.45, 7) is 6.30. The lowest BCUT2D eigenvalue weighted by atomic mass is 9.96. The van der Waals surface area contributed by atoms with Crippen molar-refractivity contribution < 1.29 is 0 Å². The summed E-state index contributed by atoms with van der Waals surface area (Å²) in [7, 11) is 0. The van der Waals surface area contributed by atoms with Gasteiger partial charge in [0.25, 0.3) is 0 Å². The zero-order valence-corrected chi connectivity index (χ0v) is 21.4. The van der Waals surface area contributed by atoms with Crippen molar-refractivity contribution in [2.75, 3.05) is 4.90 Å². The van der Waals surface area contributed by atoms with E-state index in [0.29, 0.717) is 15.2 Å². The Hall–Kier alpha value is -2.86. The first-order chi connectivity index (χ1) is 16.3. The van der Waals surface area contributed by atoms with Gasteiger partial charge in [0.05, 0.1) is 28.5 Å². The number of pyridine rings is 1. The molecule has 0 spiro atoms. The van der Waals surface area contributed by atoms with Crippen LogP contribution in [0.1, 0.15) is 40.3 Å². The molecule has 1 saturated heterocycles. The van der Waals surface area contributed by atoms with Gasteiger partial charge in [0.15, 0.2) is 5.11 Å². The second-order valence-electron chi connectivity index (χ2n) is 8.59. The van der Waals surface area contributed by atoms with E-state index < -0.39 is 0 Å². The van der Waals surface area contributed by atoms with Gasteiger partial charge >= 0.3 is 0 Å². The predicted octanol–water partition coefficient (Wildman–Crippen LogP) is 7.28. The molecule has 0 saturated carbocycles. The average Bonchev–Trinajstić information content (AvgIpc) is 3.31. The number of hydrogen-bond donors (Lipinski definition) is 1. The monoisotopic (exact) mass is 506 g/mol. The first-order valence-electron chi connectivity index (χ1n) is 11.1. The number of nitrogens with one attached hydrogen (secondary N) is 1. The van der Waals surface area contributed by atoms with Crippen molar-refractivity contribution in [2.45, 2.75) is 32.9 Å². The summed E-state index contributed by atoms with van der Waals surface area (Å²) in [5.41, 5.74) is 7.42. The SMILES string of the molecule is Cc1ccc(N2C(=S)N[C@@H](c3ccccn3)[C@H]2c2cc(C)n(-c3ccc(Cl)cc3Cl)c2C)cc1. The first kappa shape index (κ1) is 22.9. The molecule has 0 unspecified atom stereocenters. The molecule has 3 heterocycles. The van der Waals surface area contributed by atoms with Crippen molar-refractivity contribution in [3.8, 4) is 5.69 Å². The summed E-state index contributed by atoms with van der Waals surface area (Å²) in [4.78, 5) is 6.86. The van der Waals surface area contributed by atoms with E-state index in [4.69, 9.17) is 35.4 Å². The molecule has 34 heavy (non-hydrogen) atoms. The van der Waals surface area contributed by atoms with Crippen LogP contribution < -0.4 is 10.2 Å². The number of halogens is 2. The van der Waals surface area contributed by atoms with Gasteiger partial charge in [0.1, 0.15) is 0 Å². The molecule has 2 aromatic carbocycles. The molecule has 4 nitrogen and oxygen atoms in total. The van der Waals surface area contributed by atoms with Gasteiger partial charge in [-0.05, 0) is 87.1 Å². The van der Waals surface area contributed by atoms with Crippen LogP contribution in [0.2, 0.25) is 10.0 Å². The molecule has 1 aliphatic rings. The number of aryl methyl sites for hydroxylation is 2. The minimum absolute atomic E-state index is 0.0869.